The van der Waals surface area contributed by atoms with Crippen LogP contribution in [0.4, 0.5) is 22.0 Å². The second-order valence-electron chi connectivity index (χ2n) is 8.07. The highest BCUT2D eigenvalue weighted by atomic mass is 19.4. The van der Waals surface area contributed by atoms with Gasteiger partial charge in [0.15, 0.2) is 5.69 Å². The van der Waals surface area contributed by atoms with E-state index in [1.807, 2.05) is 0 Å². The summed E-state index contributed by atoms with van der Waals surface area (Å²) in [6.45, 7) is 0. The van der Waals surface area contributed by atoms with Crippen LogP contribution in [0.15, 0.2) is 71.4 Å². The summed E-state index contributed by atoms with van der Waals surface area (Å²) in [5.41, 5.74) is 0.466. The van der Waals surface area contributed by atoms with Crippen LogP contribution in [0.5, 0.6) is 5.75 Å². The normalized spacial score (nSPS) is 11.6. The number of nitrogens with zero attached hydrogens (tertiary/aromatic N) is 4. The van der Waals surface area contributed by atoms with Gasteiger partial charge in [-0.1, -0.05) is 35.5 Å². The highest BCUT2D eigenvalue weighted by Crippen LogP contribution is 2.39. The number of imidazole rings is 1. The van der Waals surface area contributed by atoms with E-state index in [4.69, 9.17) is 9.26 Å². The van der Waals surface area contributed by atoms with Gasteiger partial charge in [0.25, 0.3) is 5.89 Å². The van der Waals surface area contributed by atoms with Crippen LogP contribution in [0.1, 0.15) is 5.69 Å². The summed E-state index contributed by atoms with van der Waals surface area (Å²) in [6.07, 6.45) is -3.64. The van der Waals surface area contributed by atoms with Crippen molar-refractivity contribution in [2.24, 2.45) is 7.05 Å². The second-order valence-corrected chi connectivity index (χ2v) is 8.07. The monoisotopic (exact) mass is 512 g/mol. The molecule has 0 spiro atoms. The molecule has 2 aromatic heterocycles. The summed E-state index contributed by atoms with van der Waals surface area (Å²) >= 11 is 0. The molecular weight excluding hydrogens is 495 g/mol. The molecule has 3 aromatic carbocycles. The number of aromatic nitrogens is 4. The van der Waals surface area contributed by atoms with E-state index in [-0.39, 0.29) is 40.0 Å². The first kappa shape index (κ1) is 24.2. The zero-order valence-corrected chi connectivity index (χ0v) is 19.3. The average Bonchev–Trinajstić information content (AvgIpc) is 3.51. The molecule has 0 bridgehead atoms. The van der Waals surface area contributed by atoms with Crippen molar-refractivity contribution >= 4 is 0 Å². The van der Waals surface area contributed by atoms with Crippen LogP contribution < -0.4 is 4.74 Å². The van der Waals surface area contributed by atoms with Crippen LogP contribution in [0, 0.1) is 11.6 Å². The van der Waals surface area contributed by atoms with E-state index < -0.39 is 23.5 Å². The lowest BCUT2D eigenvalue weighted by molar-refractivity contribution is -0.140. The van der Waals surface area contributed by atoms with Gasteiger partial charge >= 0.3 is 6.18 Å². The van der Waals surface area contributed by atoms with Crippen molar-refractivity contribution in [3.63, 3.8) is 0 Å². The topological polar surface area (TPSA) is 66.0 Å². The first-order valence-corrected chi connectivity index (χ1v) is 10.8. The van der Waals surface area contributed by atoms with E-state index in [1.54, 1.807) is 30.3 Å². The Balaban J connectivity index is 1.50. The maximum absolute atomic E-state index is 14.8. The molecule has 37 heavy (non-hydrogen) atoms. The van der Waals surface area contributed by atoms with Crippen LogP contribution in [0.3, 0.4) is 0 Å². The van der Waals surface area contributed by atoms with Gasteiger partial charge in [-0.05, 0) is 30.3 Å². The molecule has 11 heteroatoms. The molecule has 0 saturated carbocycles. The molecule has 0 radical (unpaired) electrons. The standard InChI is InChI=1S/C26H17F5N4O2/c1-35-13-21(26(29,30)31)32-24(35)15-8-6-14(7-9-15)23-33-25(37-34-23)17-11-10-16(27)12-18(17)22-19(28)4-3-5-20(22)36-2/h3-13H,1-2H3. The Hall–Kier alpha value is -4.54. The zero-order valence-electron chi connectivity index (χ0n) is 19.3. The maximum Gasteiger partial charge on any atom is 0.434 e. The van der Waals surface area contributed by atoms with Crippen molar-refractivity contribution in [1.29, 1.82) is 0 Å². The van der Waals surface area contributed by atoms with Gasteiger partial charge in [-0.3, -0.25) is 0 Å². The predicted molar refractivity (Wildman–Crippen MR) is 124 cm³/mol. The van der Waals surface area contributed by atoms with E-state index in [0.29, 0.717) is 11.1 Å². The van der Waals surface area contributed by atoms with E-state index in [0.717, 1.165) is 12.3 Å². The van der Waals surface area contributed by atoms with Crippen LogP contribution in [0.25, 0.3) is 45.4 Å². The molecule has 6 nitrogen and oxygen atoms in total. The number of methoxy groups -OCH3 is 1. The zero-order chi connectivity index (χ0) is 26.3. The lowest BCUT2D eigenvalue weighted by Gasteiger charge is -2.12. The van der Waals surface area contributed by atoms with Gasteiger partial charge in [0.1, 0.15) is 23.2 Å². The SMILES string of the molecule is COc1cccc(F)c1-c1cc(F)ccc1-c1nc(-c2ccc(-c3nc(C(F)(F)F)cn3C)cc2)no1. The Kier molecular flexibility index (Phi) is 5.98. The highest BCUT2D eigenvalue weighted by Gasteiger charge is 2.34. The Labute approximate surface area is 207 Å². The third kappa shape index (κ3) is 4.55. The number of hydrogen-bond donors (Lipinski definition) is 0. The molecule has 0 aliphatic rings. The van der Waals surface area contributed by atoms with Crippen molar-refractivity contribution in [3.8, 4) is 51.1 Å². The molecule has 0 saturated heterocycles. The third-order valence-electron chi connectivity index (χ3n) is 5.67. The lowest BCUT2D eigenvalue weighted by Crippen LogP contribution is -2.04. The number of alkyl halides is 3. The number of aryl methyl sites for hydroxylation is 1. The maximum atomic E-state index is 14.8. The van der Waals surface area contributed by atoms with Crippen LogP contribution in [-0.4, -0.2) is 26.8 Å². The number of rotatable bonds is 5. The van der Waals surface area contributed by atoms with Gasteiger partial charge < -0.3 is 13.8 Å². The lowest BCUT2D eigenvalue weighted by atomic mass is 9.98. The fraction of sp³-hybridized carbons (Fsp3) is 0.115. The van der Waals surface area contributed by atoms with E-state index in [9.17, 15) is 22.0 Å². The van der Waals surface area contributed by atoms with Gasteiger partial charge in [0.05, 0.1) is 12.7 Å². The van der Waals surface area contributed by atoms with Gasteiger partial charge in [0.2, 0.25) is 5.82 Å². The summed E-state index contributed by atoms with van der Waals surface area (Å²) in [7, 11) is 2.85. The van der Waals surface area contributed by atoms with Crippen molar-refractivity contribution in [2.45, 2.75) is 6.18 Å². The minimum atomic E-state index is -4.55. The van der Waals surface area contributed by atoms with Crippen LogP contribution in [-0.2, 0) is 13.2 Å². The van der Waals surface area contributed by atoms with E-state index >= 15 is 0 Å². The number of halogens is 5. The quantitative estimate of drug-likeness (QED) is 0.243. The molecule has 5 rings (SSSR count). The molecule has 0 aliphatic heterocycles. The average molecular weight is 512 g/mol. The van der Waals surface area contributed by atoms with E-state index in [2.05, 4.69) is 15.1 Å². The Morgan fingerprint density at radius 2 is 1.62 bits per heavy atom. The van der Waals surface area contributed by atoms with Crippen molar-refractivity contribution in [2.75, 3.05) is 7.11 Å². The minimum Gasteiger partial charge on any atom is -0.496 e. The fourth-order valence-electron chi connectivity index (χ4n) is 3.94. The van der Waals surface area contributed by atoms with Crippen molar-refractivity contribution in [3.05, 3.63) is 84.2 Å². The van der Waals surface area contributed by atoms with Gasteiger partial charge in [0, 0.05) is 35.5 Å². The summed E-state index contributed by atoms with van der Waals surface area (Å²) in [5, 5.41) is 3.97. The second kappa shape index (κ2) is 9.16. The third-order valence-corrected chi connectivity index (χ3v) is 5.67. The Morgan fingerprint density at radius 3 is 2.30 bits per heavy atom. The van der Waals surface area contributed by atoms with Gasteiger partial charge in [-0.2, -0.15) is 18.2 Å². The molecule has 5 aromatic rings. The van der Waals surface area contributed by atoms with Crippen LogP contribution >= 0.6 is 0 Å². The molecule has 0 atom stereocenters. The molecule has 2 heterocycles. The van der Waals surface area contributed by atoms with Crippen molar-refractivity contribution in [1.82, 2.24) is 19.7 Å². The summed E-state index contributed by atoms with van der Waals surface area (Å²) in [4.78, 5) is 8.06. The Bertz CT molecular complexity index is 1590. The van der Waals surface area contributed by atoms with E-state index in [1.165, 1.54) is 43.0 Å². The first-order chi connectivity index (χ1) is 17.7. The molecule has 0 fully saturated rings. The fourth-order valence-corrected chi connectivity index (χ4v) is 3.94. The predicted octanol–water partition coefficient (Wildman–Crippen LogP) is 6.78. The minimum absolute atomic E-state index is 0.0123. The Morgan fingerprint density at radius 1 is 0.892 bits per heavy atom. The van der Waals surface area contributed by atoms with Gasteiger partial charge in [-0.25, -0.2) is 13.8 Å². The first-order valence-electron chi connectivity index (χ1n) is 10.8. The number of benzene rings is 3. The molecule has 0 aliphatic carbocycles. The van der Waals surface area contributed by atoms with Crippen LogP contribution in [0.2, 0.25) is 0 Å². The number of ether oxygens (including phenoxy) is 1. The van der Waals surface area contributed by atoms with Gasteiger partial charge in [-0.15, -0.1) is 0 Å². The summed E-state index contributed by atoms with van der Waals surface area (Å²) < 4.78 is 79.9. The molecule has 188 valence electrons. The molecule has 0 unspecified atom stereocenters. The summed E-state index contributed by atoms with van der Waals surface area (Å²) in [6, 6.07) is 14.4. The summed E-state index contributed by atoms with van der Waals surface area (Å²) in [5.74, 6) is -0.689. The molecular formula is C26H17F5N4O2. The smallest absolute Gasteiger partial charge is 0.434 e. The molecule has 0 N–H and O–H groups in total. The highest BCUT2D eigenvalue weighted by molar-refractivity contribution is 5.84. The number of hydrogen-bond acceptors (Lipinski definition) is 5. The molecule has 0 amide bonds. The van der Waals surface area contributed by atoms with Crippen molar-refractivity contribution < 1.29 is 31.2 Å². The largest absolute Gasteiger partial charge is 0.496 e.